The van der Waals surface area contributed by atoms with Gasteiger partial charge in [-0.2, -0.15) is 0 Å². The van der Waals surface area contributed by atoms with Crippen molar-refractivity contribution >= 4 is 5.78 Å². The van der Waals surface area contributed by atoms with Gasteiger partial charge in [-0.25, -0.2) is 0 Å². The maximum Gasteiger partial charge on any atom is 0.171 e. The normalized spacial score (nSPS) is 51.0. The minimum absolute atomic E-state index is 0.258. The first-order chi connectivity index (χ1) is 15.5. The molecule has 4 fully saturated rings. The third-order valence-electron chi connectivity index (χ3n) is 10.1. The first-order valence-electron chi connectivity index (χ1n) is 12.6. The molecule has 34 heavy (non-hydrogen) atoms. The summed E-state index contributed by atoms with van der Waals surface area (Å²) in [4.78, 5) is 18.2. The van der Waals surface area contributed by atoms with E-state index in [0.717, 1.165) is 26.2 Å². The monoisotopic (exact) mass is 484 g/mol. The largest absolute Gasteiger partial charge is 0.392 e. The van der Waals surface area contributed by atoms with Crippen LogP contribution in [-0.4, -0.2) is 122 Å². The number of carbonyl (C=O) groups is 1. The molecule has 196 valence electrons. The van der Waals surface area contributed by atoms with Crippen LogP contribution >= 0.6 is 0 Å². The summed E-state index contributed by atoms with van der Waals surface area (Å²) >= 11 is 0. The average Bonchev–Trinajstić information content (AvgIpc) is 2.74. The van der Waals surface area contributed by atoms with E-state index < -0.39 is 63.8 Å². The van der Waals surface area contributed by atoms with Crippen LogP contribution in [0.15, 0.2) is 0 Å². The number of aliphatic hydroxyl groups is 5. The van der Waals surface area contributed by atoms with Gasteiger partial charge in [-0.05, 0) is 39.2 Å². The minimum Gasteiger partial charge on any atom is -0.392 e. The van der Waals surface area contributed by atoms with Crippen molar-refractivity contribution in [3.8, 4) is 0 Å². The SMILES string of the molecule is CN1CCN(CC(O)[C@@]2(C)CC(=O)[C@]3(O)C4(C)[C@@H](O)CCC(C)(C)[C@@H]4C(O)C(O)[C@@]3(C)O2)CC1. The van der Waals surface area contributed by atoms with Gasteiger partial charge in [0, 0.05) is 50.5 Å². The first kappa shape index (κ1) is 26.4. The van der Waals surface area contributed by atoms with Crippen molar-refractivity contribution in [2.75, 3.05) is 39.8 Å². The van der Waals surface area contributed by atoms with Crippen LogP contribution < -0.4 is 0 Å². The van der Waals surface area contributed by atoms with Gasteiger partial charge in [-0.1, -0.05) is 20.8 Å². The van der Waals surface area contributed by atoms with Crippen molar-refractivity contribution in [1.29, 1.82) is 0 Å². The Bertz CT molecular complexity index is 817. The Morgan fingerprint density at radius 1 is 1.06 bits per heavy atom. The molecule has 0 amide bonds. The number of rotatable bonds is 3. The van der Waals surface area contributed by atoms with Gasteiger partial charge in [-0.15, -0.1) is 0 Å². The zero-order valence-corrected chi connectivity index (χ0v) is 21.5. The standard InChI is InChI=1S/C25H44N2O7/c1-21(2)8-7-15(28)23(4)19(21)18(31)20(32)24(5)25(23,33)16(29)13-22(3,34-24)17(30)14-27-11-9-26(6)10-12-27/h15,17-20,28,30-33H,7-14H2,1-6H3/t15-,17?,18?,19-,20?,22+,23?,24+,25-/m0/s1. The van der Waals surface area contributed by atoms with Crippen molar-refractivity contribution in [3.63, 3.8) is 0 Å². The van der Waals surface area contributed by atoms with Crippen molar-refractivity contribution in [2.45, 2.75) is 95.1 Å². The highest BCUT2D eigenvalue weighted by Crippen LogP contribution is 2.66. The molecule has 2 saturated carbocycles. The summed E-state index contributed by atoms with van der Waals surface area (Å²) in [6.45, 7) is 12.2. The maximum absolute atomic E-state index is 13.9. The Hall–Kier alpha value is -0.650. The molecular weight excluding hydrogens is 440 g/mol. The van der Waals surface area contributed by atoms with Crippen LogP contribution in [0.25, 0.3) is 0 Å². The zero-order valence-electron chi connectivity index (χ0n) is 21.5. The zero-order chi connectivity index (χ0) is 25.5. The van der Waals surface area contributed by atoms with E-state index in [9.17, 15) is 30.3 Å². The van der Waals surface area contributed by atoms with Gasteiger partial charge in [-0.3, -0.25) is 9.69 Å². The van der Waals surface area contributed by atoms with Gasteiger partial charge in [0.2, 0.25) is 0 Å². The highest BCUT2D eigenvalue weighted by Gasteiger charge is 2.80. The van der Waals surface area contributed by atoms with Gasteiger partial charge in [0.25, 0.3) is 0 Å². The van der Waals surface area contributed by atoms with Gasteiger partial charge in [0.1, 0.15) is 17.3 Å². The maximum atomic E-state index is 13.9. The highest BCUT2D eigenvalue weighted by molar-refractivity contribution is 5.92. The lowest BCUT2D eigenvalue weighted by Crippen LogP contribution is -2.87. The Balaban J connectivity index is 1.71. The van der Waals surface area contributed by atoms with Crippen LogP contribution in [0.5, 0.6) is 0 Å². The lowest BCUT2D eigenvalue weighted by atomic mass is 9.40. The van der Waals surface area contributed by atoms with E-state index in [0.29, 0.717) is 19.4 Å². The molecule has 2 heterocycles. The molecule has 2 aliphatic heterocycles. The fourth-order valence-electron chi connectivity index (χ4n) is 7.86. The summed E-state index contributed by atoms with van der Waals surface area (Å²) in [7, 11) is 2.05. The van der Waals surface area contributed by atoms with Gasteiger partial charge >= 0.3 is 0 Å². The summed E-state index contributed by atoms with van der Waals surface area (Å²) in [5.41, 5.74) is -7.51. The molecule has 0 aromatic carbocycles. The third kappa shape index (κ3) is 3.39. The van der Waals surface area contributed by atoms with Gasteiger partial charge in [0.05, 0.1) is 18.3 Å². The number of ether oxygens (including phenoxy) is 1. The number of piperazine rings is 1. The van der Waals surface area contributed by atoms with Crippen molar-refractivity contribution in [2.24, 2.45) is 16.7 Å². The van der Waals surface area contributed by atoms with E-state index in [1.807, 2.05) is 20.9 Å². The molecule has 4 aliphatic rings. The van der Waals surface area contributed by atoms with Crippen LogP contribution in [0, 0.1) is 16.7 Å². The minimum atomic E-state index is -2.24. The van der Waals surface area contributed by atoms with Crippen LogP contribution in [0.2, 0.25) is 0 Å². The highest BCUT2D eigenvalue weighted by atomic mass is 16.6. The fourth-order valence-corrected chi connectivity index (χ4v) is 7.86. The smallest absolute Gasteiger partial charge is 0.171 e. The molecule has 5 N–H and O–H groups in total. The Morgan fingerprint density at radius 2 is 1.65 bits per heavy atom. The van der Waals surface area contributed by atoms with Crippen LogP contribution in [0.4, 0.5) is 0 Å². The van der Waals surface area contributed by atoms with E-state index in [2.05, 4.69) is 9.80 Å². The molecule has 0 spiro atoms. The molecule has 9 atom stereocenters. The second kappa shape index (κ2) is 8.18. The summed E-state index contributed by atoms with van der Waals surface area (Å²) in [6.07, 6.45) is -4.34. The fraction of sp³-hybridized carbons (Fsp3) is 0.960. The molecule has 2 aliphatic carbocycles. The van der Waals surface area contributed by atoms with E-state index >= 15 is 0 Å². The van der Waals surface area contributed by atoms with Crippen LogP contribution in [0.3, 0.4) is 0 Å². The number of Topliss-reactive ketones (excluding diaryl/α,β-unsaturated/α-hetero) is 1. The van der Waals surface area contributed by atoms with Crippen LogP contribution in [-0.2, 0) is 9.53 Å². The second-order valence-electron chi connectivity index (χ2n) is 12.7. The number of β-amino-alcohol motifs (C(OH)–C–C–N with tert-alkyl or cyclic N) is 1. The van der Waals surface area contributed by atoms with Gasteiger partial charge in [0.15, 0.2) is 11.4 Å². The number of hydrogen-bond acceptors (Lipinski definition) is 9. The van der Waals surface area contributed by atoms with Crippen LogP contribution in [0.1, 0.15) is 53.9 Å². The molecule has 4 unspecified atom stereocenters. The van der Waals surface area contributed by atoms with Gasteiger partial charge < -0.3 is 35.2 Å². The average molecular weight is 485 g/mol. The molecular formula is C25H44N2O7. The number of ketones is 1. The summed E-state index contributed by atoms with van der Waals surface area (Å²) in [6, 6.07) is 0. The quantitative estimate of drug-likeness (QED) is 0.355. The second-order valence-corrected chi connectivity index (χ2v) is 12.7. The van der Waals surface area contributed by atoms with E-state index in [1.165, 1.54) is 6.92 Å². The number of hydrogen-bond donors (Lipinski definition) is 5. The number of likely N-dealkylation sites (N-methyl/N-ethyl adjacent to an activating group) is 1. The van der Waals surface area contributed by atoms with Crippen molar-refractivity contribution in [1.82, 2.24) is 9.80 Å². The Kier molecular flexibility index (Phi) is 6.35. The molecule has 9 heteroatoms. The summed E-state index contributed by atoms with van der Waals surface area (Å²) < 4.78 is 6.40. The van der Waals surface area contributed by atoms with E-state index in [4.69, 9.17) is 4.74 Å². The third-order valence-corrected chi connectivity index (χ3v) is 10.1. The summed E-state index contributed by atoms with van der Waals surface area (Å²) in [5.74, 6) is -1.31. The number of aliphatic hydroxyl groups excluding tert-OH is 4. The molecule has 0 aromatic heterocycles. The molecule has 0 radical (unpaired) electrons. The summed E-state index contributed by atoms with van der Waals surface area (Å²) in [5, 5.41) is 57.4. The topological polar surface area (TPSA) is 134 Å². The lowest BCUT2D eigenvalue weighted by Gasteiger charge is -2.71. The predicted octanol–water partition coefficient (Wildman–Crippen LogP) is -0.629. The van der Waals surface area contributed by atoms with E-state index in [-0.39, 0.29) is 6.42 Å². The molecule has 0 aromatic rings. The van der Waals surface area contributed by atoms with Crippen molar-refractivity contribution in [3.05, 3.63) is 0 Å². The number of fused-ring (bicyclic) bond motifs is 3. The molecule has 2 saturated heterocycles. The Morgan fingerprint density at radius 3 is 2.24 bits per heavy atom. The predicted molar refractivity (Wildman–Crippen MR) is 125 cm³/mol. The van der Waals surface area contributed by atoms with E-state index in [1.54, 1.807) is 13.8 Å². The molecule has 4 rings (SSSR count). The number of carbonyl (C=O) groups excluding carboxylic acids is 1. The molecule has 9 nitrogen and oxygen atoms in total. The lowest BCUT2D eigenvalue weighted by molar-refractivity contribution is -0.381. The first-order valence-corrected chi connectivity index (χ1v) is 12.6. The number of nitrogens with zero attached hydrogens (tertiary/aromatic N) is 2. The van der Waals surface area contributed by atoms with Crippen molar-refractivity contribution < 1.29 is 35.1 Å². The Labute approximate surface area is 202 Å². The molecule has 0 bridgehead atoms.